The highest BCUT2D eigenvalue weighted by Crippen LogP contribution is 1.80. The molecule has 0 aromatic carbocycles. The van der Waals surface area contributed by atoms with Crippen LogP contribution in [0.5, 0.6) is 0 Å². The zero-order valence-corrected chi connectivity index (χ0v) is 12.2. The molecule has 0 aromatic rings. The van der Waals surface area contributed by atoms with Crippen molar-refractivity contribution in [1.29, 1.82) is 0 Å². The summed E-state index contributed by atoms with van der Waals surface area (Å²) in [5, 5.41) is 2.70. The first-order chi connectivity index (χ1) is 7.81. The summed E-state index contributed by atoms with van der Waals surface area (Å²) in [4.78, 5) is 22.5. The van der Waals surface area contributed by atoms with Crippen LogP contribution in [-0.2, 0) is 9.59 Å². The average Bonchev–Trinajstić information content (AvgIpc) is 2.24. The van der Waals surface area contributed by atoms with Crippen LogP contribution in [0.1, 0.15) is 13.3 Å². The predicted octanol–water partition coefficient (Wildman–Crippen LogP) is 0.710. The quantitative estimate of drug-likeness (QED) is 0.555. The standard InChI is InChI=1S/C8H16N2O.C4H7NO.ClH/c1-4-8(11)9-6-5-7-10(2)3;1-3(2)4(5)6;/h4H,1,5-7H2,2-3H3,(H,9,11);1H2,2H3,(H2,5,6);1H. The Morgan fingerprint density at radius 1 is 1.39 bits per heavy atom. The van der Waals surface area contributed by atoms with Gasteiger partial charge in [-0.1, -0.05) is 13.2 Å². The van der Waals surface area contributed by atoms with Crippen LogP contribution in [0.15, 0.2) is 24.8 Å². The molecule has 2 amide bonds. The van der Waals surface area contributed by atoms with E-state index in [-0.39, 0.29) is 18.3 Å². The molecular formula is C12H24ClN3O2. The topological polar surface area (TPSA) is 75.4 Å². The van der Waals surface area contributed by atoms with Crippen LogP contribution in [-0.4, -0.2) is 43.9 Å². The lowest BCUT2D eigenvalue weighted by Crippen LogP contribution is -2.25. The smallest absolute Gasteiger partial charge is 0.243 e. The molecular weight excluding hydrogens is 254 g/mol. The minimum Gasteiger partial charge on any atom is -0.366 e. The van der Waals surface area contributed by atoms with Gasteiger partial charge in [0.1, 0.15) is 0 Å². The molecule has 0 aromatic heterocycles. The monoisotopic (exact) mass is 277 g/mol. The lowest BCUT2D eigenvalue weighted by atomic mass is 10.3. The molecule has 0 heterocycles. The molecule has 0 saturated heterocycles. The number of hydrogen-bond donors (Lipinski definition) is 2. The third-order valence-electron chi connectivity index (χ3n) is 1.69. The van der Waals surface area contributed by atoms with Crippen molar-refractivity contribution in [3.63, 3.8) is 0 Å². The van der Waals surface area contributed by atoms with Gasteiger partial charge in [0.25, 0.3) is 0 Å². The summed E-state index contributed by atoms with van der Waals surface area (Å²) in [5.74, 6) is -0.529. The van der Waals surface area contributed by atoms with Crippen molar-refractivity contribution >= 4 is 24.2 Å². The second kappa shape index (κ2) is 13.7. The first-order valence-corrected chi connectivity index (χ1v) is 5.31. The summed E-state index contributed by atoms with van der Waals surface area (Å²) in [6.45, 7) is 9.93. The van der Waals surface area contributed by atoms with Crippen molar-refractivity contribution in [2.45, 2.75) is 13.3 Å². The maximum absolute atomic E-state index is 10.6. The molecule has 18 heavy (non-hydrogen) atoms. The Hall–Kier alpha value is -1.33. The Labute approximate surface area is 116 Å². The molecule has 3 N–H and O–H groups in total. The molecule has 0 aliphatic carbocycles. The Balaban J connectivity index is -0.000000277. The van der Waals surface area contributed by atoms with Gasteiger partial charge in [0.2, 0.25) is 11.8 Å². The van der Waals surface area contributed by atoms with Crippen LogP contribution in [0.3, 0.4) is 0 Å². The SMILES string of the molecule is C=C(C)C(N)=O.C=CC(=O)NCCCN(C)C.Cl. The summed E-state index contributed by atoms with van der Waals surface area (Å²) in [5.41, 5.74) is 5.09. The molecule has 106 valence electrons. The van der Waals surface area contributed by atoms with Gasteiger partial charge in [-0.05, 0) is 40.1 Å². The number of carbonyl (C=O) groups is 2. The van der Waals surface area contributed by atoms with Crippen LogP contribution in [0.4, 0.5) is 0 Å². The molecule has 0 bridgehead atoms. The number of hydrogen-bond acceptors (Lipinski definition) is 3. The zero-order chi connectivity index (χ0) is 13.8. The van der Waals surface area contributed by atoms with E-state index in [1.807, 2.05) is 14.1 Å². The Bertz CT molecular complexity index is 266. The van der Waals surface area contributed by atoms with Gasteiger partial charge >= 0.3 is 0 Å². The largest absolute Gasteiger partial charge is 0.366 e. The maximum atomic E-state index is 10.6. The number of rotatable bonds is 6. The lowest BCUT2D eigenvalue weighted by Gasteiger charge is -2.08. The van der Waals surface area contributed by atoms with E-state index in [0.717, 1.165) is 19.5 Å². The minimum absolute atomic E-state index is 0. The van der Waals surface area contributed by atoms with Crippen LogP contribution in [0.25, 0.3) is 0 Å². The van der Waals surface area contributed by atoms with Gasteiger partial charge < -0.3 is 16.0 Å². The van der Waals surface area contributed by atoms with E-state index < -0.39 is 5.91 Å². The number of nitrogens with two attached hydrogens (primary N) is 1. The van der Waals surface area contributed by atoms with Gasteiger partial charge in [-0.15, -0.1) is 12.4 Å². The molecule has 0 unspecified atom stereocenters. The number of nitrogens with one attached hydrogen (secondary N) is 1. The van der Waals surface area contributed by atoms with Crippen LogP contribution >= 0.6 is 12.4 Å². The van der Waals surface area contributed by atoms with Crippen molar-refractivity contribution in [1.82, 2.24) is 10.2 Å². The first-order valence-electron chi connectivity index (χ1n) is 5.31. The van der Waals surface area contributed by atoms with Gasteiger partial charge in [-0.2, -0.15) is 0 Å². The highest BCUT2D eigenvalue weighted by Gasteiger charge is 1.93. The van der Waals surface area contributed by atoms with E-state index in [2.05, 4.69) is 23.4 Å². The maximum Gasteiger partial charge on any atom is 0.243 e. The van der Waals surface area contributed by atoms with E-state index in [1.54, 1.807) is 6.92 Å². The van der Waals surface area contributed by atoms with E-state index >= 15 is 0 Å². The summed E-state index contributed by atoms with van der Waals surface area (Å²) >= 11 is 0. The average molecular weight is 278 g/mol. The fourth-order valence-corrected chi connectivity index (χ4v) is 0.679. The first kappa shape index (κ1) is 21.9. The summed E-state index contributed by atoms with van der Waals surface area (Å²) in [7, 11) is 4.02. The molecule has 0 aliphatic heterocycles. The summed E-state index contributed by atoms with van der Waals surface area (Å²) < 4.78 is 0. The van der Waals surface area contributed by atoms with E-state index in [4.69, 9.17) is 5.73 Å². The molecule has 0 spiro atoms. The molecule has 5 nitrogen and oxygen atoms in total. The summed E-state index contributed by atoms with van der Waals surface area (Å²) in [6, 6.07) is 0. The highest BCUT2D eigenvalue weighted by molar-refractivity contribution is 5.90. The second-order valence-electron chi connectivity index (χ2n) is 3.80. The van der Waals surface area contributed by atoms with Gasteiger partial charge in [0.05, 0.1) is 0 Å². The van der Waals surface area contributed by atoms with Gasteiger partial charge in [-0.25, -0.2) is 0 Å². The molecule has 0 aliphatic rings. The lowest BCUT2D eigenvalue weighted by molar-refractivity contribution is -0.116. The highest BCUT2D eigenvalue weighted by atomic mass is 35.5. The number of primary amides is 1. The number of carbonyl (C=O) groups excluding carboxylic acids is 2. The fraction of sp³-hybridized carbons (Fsp3) is 0.500. The zero-order valence-electron chi connectivity index (χ0n) is 11.4. The third-order valence-corrected chi connectivity index (χ3v) is 1.69. The normalized spacial score (nSPS) is 8.44. The molecule has 0 atom stereocenters. The fourth-order valence-electron chi connectivity index (χ4n) is 0.679. The van der Waals surface area contributed by atoms with Crippen LogP contribution < -0.4 is 11.1 Å². The Morgan fingerprint density at radius 2 is 1.83 bits per heavy atom. The Kier molecular flexibility index (Phi) is 16.7. The molecule has 0 radical (unpaired) electrons. The second-order valence-corrected chi connectivity index (χ2v) is 3.80. The molecule has 0 rings (SSSR count). The molecule has 0 saturated carbocycles. The Morgan fingerprint density at radius 3 is 2.11 bits per heavy atom. The van der Waals surface area contributed by atoms with Gasteiger partial charge in [0.15, 0.2) is 0 Å². The van der Waals surface area contributed by atoms with Crippen molar-refractivity contribution in [2.75, 3.05) is 27.2 Å². The van der Waals surface area contributed by atoms with Crippen LogP contribution in [0.2, 0.25) is 0 Å². The van der Waals surface area contributed by atoms with E-state index in [9.17, 15) is 9.59 Å². The number of halogens is 1. The van der Waals surface area contributed by atoms with Crippen molar-refractivity contribution in [2.24, 2.45) is 5.73 Å². The predicted molar refractivity (Wildman–Crippen MR) is 77.6 cm³/mol. The van der Waals surface area contributed by atoms with Crippen molar-refractivity contribution in [3.05, 3.63) is 24.8 Å². The minimum atomic E-state index is -0.435. The number of nitrogens with zero attached hydrogens (tertiary/aromatic N) is 1. The van der Waals surface area contributed by atoms with Gasteiger partial charge in [-0.3, -0.25) is 9.59 Å². The van der Waals surface area contributed by atoms with E-state index in [0.29, 0.717) is 5.57 Å². The van der Waals surface area contributed by atoms with E-state index in [1.165, 1.54) is 6.08 Å². The van der Waals surface area contributed by atoms with Crippen molar-refractivity contribution < 1.29 is 9.59 Å². The van der Waals surface area contributed by atoms with Gasteiger partial charge in [0, 0.05) is 12.1 Å². The third kappa shape index (κ3) is 20.1. The van der Waals surface area contributed by atoms with Crippen LogP contribution in [0, 0.1) is 0 Å². The summed E-state index contributed by atoms with van der Waals surface area (Å²) in [6.07, 6.45) is 2.27. The van der Waals surface area contributed by atoms with Crippen molar-refractivity contribution in [3.8, 4) is 0 Å². The molecule has 0 fully saturated rings. The molecule has 6 heteroatoms. The number of amides is 2.